The van der Waals surface area contributed by atoms with E-state index in [2.05, 4.69) is 16.0 Å². The van der Waals surface area contributed by atoms with Crippen LogP contribution in [0, 0.1) is 5.92 Å². The van der Waals surface area contributed by atoms with Gasteiger partial charge in [-0.25, -0.2) is 14.4 Å². The zero-order valence-corrected chi connectivity index (χ0v) is 35.3. The summed E-state index contributed by atoms with van der Waals surface area (Å²) in [5.41, 5.74) is -0.959. The van der Waals surface area contributed by atoms with Crippen molar-refractivity contribution in [2.24, 2.45) is 5.92 Å². The van der Waals surface area contributed by atoms with Crippen molar-refractivity contribution in [1.82, 2.24) is 16.0 Å². The number of carbonyl (C=O) groups excluding carboxylic acids is 9. The zero-order chi connectivity index (χ0) is 43.8. The standard InChI is InChI=1S/C36H57N3O17S/c1-13-18(2)27(32(46)49-11)39-31(45)24(38-34(48)56-35(8,9)10)14-15-57-36(33(47)50-12)16-25(52-21(5)42)28(37-19(3)40)30(55-36)29(54-23(7)44)26(53-22(6)43)17-51-20(4)41/h18,24-30H,13-17H2,1-12H3,(H,37,40)(H,38,48)(H,39,45)/t18-,24-,25-,26+,27-,28+,29+,30+,36-/m0/s1. The lowest BCUT2D eigenvalue weighted by molar-refractivity contribution is -0.224. The fourth-order valence-corrected chi connectivity index (χ4v) is 7.00. The van der Waals surface area contributed by atoms with Gasteiger partial charge in [0.25, 0.3) is 0 Å². The molecule has 21 heteroatoms. The fourth-order valence-electron chi connectivity index (χ4n) is 5.66. The first kappa shape index (κ1) is 50.4. The third kappa shape index (κ3) is 16.8. The molecule has 3 N–H and O–H groups in total. The Balaban J connectivity index is 3.87. The molecule has 9 atom stereocenters. The van der Waals surface area contributed by atoms with Crippen LogP contribution in [0.4, 0.5) is 4.79 Å². The van der Waals surface area contributed by atoms with E-state index in [-0.39, 0.29) is 18.1 Å². The summed E-state index contributed by atoms with van der Waals surface area (Å²) in [6.07, 6.45) is -7.62. The minimum atomic E-state index is -2.17. The van der Waals surface area contributed by atoms with Gasteiger partial charge >= 0.3 is 41.9 Å². The summed E-state index contributed by atoms with van der Waals surface area (Å²) in [6.45, 7) is 13.0. The first-order valence-electron chi connectivity index (χ1n) is 18.1. The Kier molecular flexibility index (Phi) is 20.3. The van der Waals surface area contributed by atoms with Crippen molar-refractivity contribution in [3.8, 4) is 0 Å². The fraction of sp³-hybridized carbons (Fsp3) is 0.750. The van der Waals surface area contributed by atoms with E-state index < -0.39 is 120 Å². The second-order valence-corrected chi connectivity index (χ2v) is 15.5. The van der Waals surface area contributed by atoms with E-state index in [0.29, 0.717) is 6.42 Å². The maximum absolute atomic E-state index is 13.8. The van der Waals surface area contributed by atoms with Crippen LogP contribution in [-0.4, -0.2) is 133 Å². The van der Waals surface area contributed by atoms with Crippen molar-refractivity contribution in [3.05, 3.63) is 0 Å². The smallest absolute Gasteiger partial charge is 0.408 e. The van der Waals surface area contributed by atoms with Crippen molar-refractivity contribution in [2.45, 2.75) is 142 Å². The number of alkyl carbamates (subject to hydrolysis) is 1. The molecule has 1 aliphatic heterocycles. The highest BCUT2D eigenvalue weighted by Crippen LogP contribution is 2.43. The highest BCUT2D eigenvalue weighted by molar-refractivity contribution is 8.01. The summed E-state index contributed by atoms with van der Waals surface area (Å²) in [5, 5.41) is 7.70. The maximum atomic E-state index is 13.8. The predicted molar refractivity (Wildman–Crippen MR) is 199 cm³/mol. The van der Waals surface area contributed by atoms with Crippen LogP contribution in [0.1, 0.15) is 88.5 Å². The molecule has 1 rings (SSSR count). The van der Waals surface area contributed by atoms with Crippen molar-refractivity contribution in [2.75, 3.05) is 26.6 Å². The average molecular weight is 836 g/mol. The lowest BCUT2D eigenvalue weighted by atomic mass is 9.89. The van der Waals surface area contributed by atoms with Crippen LogP contribution in [0.3, 0.4) is 0 Å². The summed E-state index contributed by atoms with van der Waals surface area (Å²) < 4.78 is 43.5. The van der Waals surface area contributed by atoms with Crippen LogP contribution >= 0.6 is 11.8 Å². The quantitative estimate of drug-likeness (QED) is 0.122. The molecule has 1 saturated heterocycles. The Morgan fingerprint density at radius 2 is 1.47 bits per heavy atom. The first-order valence-corrected chi connectivity index (χ1v) is 19.1. The number of ether oxygens (including phenoxy) is 8. The van der Waals surface area contributed by atoms with Crippen molar-refractivity contribution in [3.63, 3.8) is 0 Å². The molecule has 3 amide bonds. The van der Waals surface area contributed by atoms with Gasteiger partial charge in [-0.3, -0.25) is 28.8 Å². The number of hydrogen-bond acceptors (Lipinski definition) is 18. The number of hydrogen-bond donors (Lipinski definition) is 3. The molecule has 20 nitrogen and oxygen atoms in total. The first-order chi connectivity index (χ1) is 26.4. The minimum absolute atomic E-state index is 0.196. The maximum Gasteiger partial charge on any atom is 0.408 e. The van der Waals surface area contributed by atoms with Crippen LogP contribution in [0.15, 0.2) is 0 Å². The average Bonchev–Trinajstić information content (AvgIpc) is 3.09. The Bertz CT molecular complexity index is 1470. The number of carbonyl (C=O) groups is 9. The second-order valence-electron chi connectivity index (χ2n) is 14.2. The molecule has 0 aromatic rings. The Labute approximate surface area is 336 Å². The van der Waals surface area contributed by atoms with E-state index in [9.17, 15) is 43.2 Å². The van der Waals surface area contributed by atoms with Crippen LogP contribution < -0.4 is 16.0 Å². The van der Waals surface area contributed by atoms with Crippen LogP contribution in [-0.2, 0) is 76.3 Å². The SMILES string of the molecule is CC[C@H](C)[C@H](NC(=O)[C@H](CCS[C@]1(C(=O)OC)C[C@H](OC(C)=O)[C@@H](NC(C)=O)[C@H]([C@H](OC(C)=O)[C@@H](COC(C)=O)OC(C)=O)O1)NC(=O)OC(C)(C)C)C(=O)OC. The summed E-state index contributed by atoms with van der Waals surface area (Å²) in [4.78, 5) is 113. The molecule has 0 aromatic carbocycles. The number of nitrogens with one attached hydrogen (secondary N) is 3. The molecule has 0 aromatic heterocycles. The number of methoxy groups -OCH3 is 2. The second kappa shape index (κ2) is 22.9. The zero-order valence-electron chi connectivity index (χ0n) is 34.5. The lowest BCUT2D eigenvalue weighted by Gasteiger charge is -2.48. The van der Waals surface area contributed by atoms with E-state index in [4.69, 9.17) is 37.9 Å². The van der Waals surface area contributed by atoms with Gasteiger partial charge in [0.2, 0.25) is 16.7 Å². The Hall–Kier alpha value is -4.66. The van der Waals surface area contributed by atoms with E-state index in [1.54, 1.807) is 34.6 Å². The normalized spacial score (nSPS) is 21.7. The topological polar surface area (TPSA) is 264 Å². The molecule has 324 valence electrons. The number of thioether (sulfide) groups is 1. The molecule has 57 heavy (non-hydrogen) atoms. The highest BCUT2D eigenvalue weighted by Gasteiger charge is 2.58. The highest BCUT2D eigenvalue weighted by atomic mass is 32.2. The van der Waals surface area contributed by atoms with Gasteiger partial charge in [-0.15, -0.1) is 11.8 Å². The van der Waals surface area contributed by atoms with Crippen LogP contribution in [0.5, 0.6) is 0 Å². The van der Waals surface area contributed by atoms with Gasteiger partial charge in [0.05, 0.1) is 20.3 Å². The molecule has 0 bridgehead atoms. The van der Waals surface area contributed by atoms with Gasteiger partial charge in [-0.2, -0.15) is 0 Å². The number of esters is 6. The molecule has 0 radical (unpaired) electrons. The van der Waals surface area contributed by atoms with E-state index >= 15 is 0 Å². The van der Waals surface area contributed by atoms with Crippen molar-refractivity contribution in [1.29, 1.82) is 0 Å². The van der Waals surface area contributed by atoms with Gasteiger partial charge in [0.15, 0.2) is 12.2 Å². The third-order valence-electron chi connectivity index (χ3n) is 8.21. The van der Waals surface area contributed by atoms with Crippen molar-refractivity contribution >= 4 is 65.5 Å². The van der Waals surface area contributed by atoms with Gasteiger partial charge in [-0.05, 0) is 38.9 Å². The lowest BCUT2D eigenvalue weighted by Crippen LogP contribution is -2.68. The minimum Gasteiger partial charge on any atom is -0.467 e. The van der Waals surface area contributed by atoms with Crippen molar-refractivity contribution < 1.29 is 81.0 Å². The summed E-state index contributed by atoms with van der Waals surface area (Å²) in [7, 11) is 2.20. The van der Waals surface area contributed by atoms with Gasteiger partial charge in [0.1, 0.15) is 36.5 Å². The molecule has 1 heterocycles. The third-order valence-corrected chi connectivity index (χ3v) is 9.55. The van der Waals surface area contributed by atoms with E-state index in [1.807, 2.05) is 0 Å². The molecule has 0 aliphatic carbocycles. The Morgan fingerprint density at radius 1 is 0.860 bits per heavy atom. The molecule has 0 unspecified atom stereocenters. The molecule has 0 saturated carbocycles. The summed E-state index contributed by atoms with van der Waals surface area (Å²) >= 11 is 0.742. The van der Waals surface area contributed by atoms with Crippen LogP contribution in [0.2, 0.25) is 0 Å². The molecular weight excluding hydrogens is 778 g/mol. The summed E-state index contributed by atoms with van der Waals surface area (Å²) in [6, 6.07) is -3.84. The number of rotatable bonds is 19. The summed E-state index contributed by atoms with van der Waals surface area (Å²) in [5.74, 6) is -7.28. The predicted octanol–water partition coefficient (Wildman–Crippen LogP) is 1.23. The van der Waals surface area contributed by atoms with Gasteiger partial charge < -0.3 is 53.8 Å². The van der Waals surface area contributed by atoms with Crippen LogP contribution in [0.25, 0.3) is 0 Å². The van der Waals surface area contributed by atoms with E-state index in [0.717, 1.165) is 60.6 Å². The molecule has 1 aliphatic rings. The van der Waals surface area contributed by atoms with E-state index in [1.165, 1.54) is 0 Å². The molecule has 1 fully saturated rings. The Morgan fingerprint density at radius 3 is 1.95 bits per heavy atom. The largest absolute Gasteiger partial charge is 0.467 e. The number of amides is 3. The van der Waals surface area contributed by atoms with Gasteiger partial charge in [-0.1, -0.05) is 20.3 Å². The van der Waals surface area contributed by atoms with Gasteiger partial charge in [0, 0.05) is 41.0 Å². The molecular formula is C36H57N3O17S. The molecule has 0 spiro atoms. The monoisotopic (exact) mass is 835 g/mol.